The topological polar surface area (TPSA) is 35.5 Å². The molecule has 0 aliphatic carbocycles. The van der Waals surface area contributed by atoms with Crippen molar-refractivity contribution in [3.63, 3.8) is 0 Å². The fourth-order valence-electron chi connectivity index (χ4n) is 1.99. The molecule has 18 heavy (non-hydrogen) atoms. The number of carbonyl (C=O) groups is 1. The lowest BCUT2D eigenvalue weighted by molar-refractivity contribution is -0.139. The SMILES string of the molecule is CCOC(=O)C1=Cc2ccc(CC)cc2COC1. The van der Waals surface area contributed by atoms with Gasteiger partial charge in [-0.1, -0.05) is 25.1 Å². The molecule has 1 heterocycles. The Morgan fingerprint density at radius 1 is 1.33 bits per heavy atom. The first kappa shape index (κ1) is 12.8. The fourth-order valence-corrected chi connectivity index (χ4v) is 1.99. The number of aryl methyl sites for hydroxylation is 1. The third-order valence-corrected chi connectivity index (χ3v) is 3.00. The van der Waals surface area contributed by atoms with E-state index in [0.29, 0.717) is 25.4 Å². The number of benzene rings is 1. The molecule has 0 unspecified atom stereocenters. The standard InChI is InChI=1S/C15H18O3/c1-3-11-5-6-12-8-14(15(16)18-4-2)10-17-9-13(12)7-11/h5-8H,3-4,9-10H2,1-2H3. The molecular formula is C15H18O3. The van der Waals surface area contributed by atoms with Crippen LogP contribution in [0, 0.1) is 0 Å². The van der Waals surface area contributed by atoms with E-state index in [9.17, 15) is 4.79 Å². The molecule has 0 N–H and O–H groups in total. The van der Waals surface area contributed by atoms with E-state index in [1.807, 2.05) is 12.1 Å². The lowest BCUT2D eigenvalue weighted by atomic mass is 10.0. The van der Waals surface area contributed by atoms with E-state index in [2.05, 4.69) is 19.1 Å². The van der Waals surface area contributed by atoms with Crippen molar-refractivity contribution in [2.24, 2.45) is 0 Å². The molecular weight excluding hydrogens is 228 g/mol. The van der Waals surface area contributed by atoms with Crippen LogP contribution in [0.5, 0.6) is 0 Å². The number of rotatable bonds is 3. The number of ether oxygens (including phenoxy) is 2. The van der Waals surface area contributed by atoms with Crippen LogP contribution in [-0.4, -0.2) is 19.2 Å². The second-order valence-electron chi connectivity index (χ2n) is 4.27. The molecule has 0 radical (unpaired) electrons. The highest BCUT2D eigenvalue weighted by Gasteiger charge is 2.15. The summed E-state index contributed by atoms with van der Waals surface area (Å²) in [7, 11) is 0. The summed E-state index contributed by atoms with van der Waals surface area (Å²) >= 11 is 0. The number of esters is 1. The maximum atomic E-state index is 11.7. The van der Waals surface area contributed by atoms with Gasteiger partial charge < -0.3 is 9.47 Å². The number of carbonyl (C=O) groups excluding carboxylic acids is 1. The highest BCUT2D eigenvalue weighted by molar-refractivity contribution is 5.94. The summed E-state index contributed by atoms with van der Waals surface area (Å²) in [5.41, 5.74) is 4.05. The van der Waals surface area contributed by atoms with Crippen LogP contribution in [-0.2, 0) is 27.3 Å². The third-order valence-electron chi connectivity index (χ3n) is 3.00. The Balaban J connectivity index is 2.31. The highest BCUT2D eigenvalue weighted by atomic mass is 16.5. The Hall–Kier alpha value is -1.61. The van der Waals surface area contributed by atoms with E-state index in [-0.39, 0.29) is 5.97 Å². The summed E-state index contributed by atoms with van der Waals surface area (Å²) in [5.74, 6) is -0.287. The number of fused-ring (bicyclic) bond motifs is 1. The monoisotopic (exact) mass is 246 g/mol. The van der Waals surface area contributed by atoms with Crippen LogP contribution in [0.1, 0.15) is 30.5 Å². The van der Waals surface area contributed by atoms with Crippen molar-refractivity contribution in [2.45, 2.75) is 26.9 Å². The Labute approximate surface area is 107 Å². The molecule has 0 saturated carbocycles. The van der Waals surface area contributed by atoms with E-state index >= 15 is 0 Å². The summed E-state index contributed by atoms with van der Waals surface area (Å²) in [5, 5.41) is 0. The van der Waals surface area contributed by atoms with Gasteiger partial charge >= 0.3 is 5.97 Å². The predicted octanol–water partition coefficient (Wildman–Crippen LogP) is 2.73. The van der Waals surface area contributed by atoms with Gasteiger partial charge in [-0.15, -0.1) is 0 Å². The Morgan fingerprint density at radius 3 is 2.89 bits per heavy atom. The molecule has 0 fully saturated rings. The third kappa shape index (κ3) is 2.79. The van der Waals surface area contributed by atoms with Gasteiger partial charge in [-0.3, -0.25) is 0 Å². The van der Waals surface area contributed by atoms with Gasteiger partial charge in [0, 0.05) is 0 Å². The normalized spacial score (nSPS) is 14.4. The van der Waals surface area contributed by atoms with E-state index in [1.165, 1.54) is 5.56 Å². The zero-order chi connectivity index (χ0) is 13.0. The molecule has 1 aliphatic rings. The molecule has 0 amide bonds. The lowest BCUT2D eigenvalue weighted by Gasteiger charge is -2.05. The molecule has 0 saturated heterocycles. The van der Waals surface area contributed by atoms with Crippen molar-refractivity contribution in [1.29, 1.82) is 0 Å². The van der Waals surface area contributed by atoms with Gasteiger partial charge in [-0.05, 0) is 36.1 Å². The van der Waals surface area contributed by atoms with Gasteiger partial charge in [-0.25, -0.2) is 4.79 Å². The van der Waals surface area contributed by atoms with Gasteiger partial charge in [0.2, 0.25) is 0 Å². The largest absolute Gasteiger partial charge is 0.463 e. The van der Waals surface area contributed by atoms with Crippen molar-refractivity contribution < 1.29 is 14.3 Å². The molecule has 1 aliphatic heterocycles. The van der Waals surface area contributed by atoms with E-state index in [4.69, 9.17) is 9.47 Å². The zero-order valence-electron chi connectivity index (χ0n) is 10.9. The van der Waals surface area contributed by atoms with Gasteiger partial charge in [0.25, 0.3) is 0 Å². The lowest BCUT2D eigenvalue weighted by Crippen LogP contribution is -2.11. The van der Waals surface area contributed by atoms with E-state index in [1.54, 1.807) is 6.92 Å². The molecule has 96 valence electrons. The van der Waals surface area contributed by atoms with E-state index in [0.717, 1.165) is 17.5 Å². The summed E-state index contributed by atoms with van der Waals surface area (Å²) in [6.07, 6.45) is 2.88. The second-order valence-corrected chi connectivity index (χ2v) is 4.27. The number of hydrogen-bond acceptors (Lipinski definition) is 3. The minimum absolute atomic E-state index is 0.287. The van der Waals surface area contributed by atoms with Gasteiger partial charge in [-0.2, -0.15) is 0 Å². The molecule has 0 aromatic heterocycles. The molecule has 0 spiro atoms. The first-order valence-electron chi connectivity index (χ1n) is 6.31. The average Bonchev–Trinajstić information content (AvgIpc) is 2.60. The van der Waals surface area contributed by atoms with Crippen LogP contribution in [0.15, 0.2) is 23.8 Å². The van der Waals surface area contributed by atoms with Crippen LogP contribution in [0.2, 0.25) is 0 Å². The van der Waals surface area contributed by atoms with Crippen molar-refractivity contribution in [3.05, 3.63) is 40.5 Å². The van der Waals surface area contributed by atoms with Gasteiger partial charge in [0.15, 0.2) is 0 Å². The first-order chi connectivity index (χ1) is 8.74. The smallest absolute Gasteiger partial charge is 0.336 e. The van der Waals surface area contributed by atoms with Crippen molar-refractivity contribution in [2.75, 3.05) is 13.2 Å². The highest BCUT2D eigenvalue weighted by Crippen LogP contribution is 2.21. The summed E-state index contributed by atoms with van der Waals surface area (Å²) < 4.78 is 10.5. The summed E-state index contributed by atoms with van der Waals surface area (Å²) in [6.45, 7) is 5.17. The van der Waals surface area contributed by atoms with Crippen LogP contribution < -0.4 is 0 Å². The van der Waals surface area contributed by atoms with Crippen molar-refractivity contribution >= 4 is 12.0 Å². The Morgan fingerprint density at radius 2 is 2.17 bits per heavy atom. The minimum atomic E-state index is -0.287. The fraction of sp³-hybridized carbons (Fsp3) is 0.400. The van der Waals surface area contributed by atoms with E-state index < -0.39 is 0 Å². The second kappa shape index (κ2) is 5.83. The maximum Gasteiger partial charge on any atom is 0.336 e. The Kier molecular flexibility index (Phi) is 4.15. The predicted molar refractivity (Wildman–Crippen MR) is 70.1 cm³/mol. The molecule has 2 rings (SSSR count). The van der Waals surface area contributed by atoms with Crippen LogP contribution >= 0.6 is 0 Å². The quantitative estimate of drug-likeness (QED) is 0.769. The van der Waals surface area contributed by atoms with Crippen LogP contribution in [0.4, 0.5) is 0 Å². The molecule has 1 aromatic carbocycles. The molecule has 0 atom stereocenters. The zero-order valence-corrected chi connectivity index (χ0v) is 10.9. The summed E-state index contributed by atoms with van der Waals surface area (Å²) in [6, 6.07) is 6.27. The van der Waals surface area contributed by atoms with Crippen molar-refractivity contribution in [3.8, 4) is 0 Å². The van der Waals surface area contributed by atoms with Gasteiger partial charge in [0.05, 0.1) is 25.4 Å². The first-order valence-corrected chi connectivity index (χ1v) is 6.31. The maximum absolute atomic E-state index is 11.7. The minimum Gasteiger partial charge on any atom is -0.463 e. The summed E-state index contributed by atoms with van der Waals surface area (Å²) in [4.78, 5) is 11.7. The van der Waals surface area contributed by atoms with Crippen molar-refractivity contribution in [1.82, 2.24) is 0 Å². The molecule has 3 nitrogen and oxygen atoms in total. The molecule has 1 aromatic rings. The van der Waals surface area contributed by atoms with Gasteiger partial charge in [0.1, 0.15) is 0 Å². The Bertz CT molecular complexity index is 475. The number of hydrogen-bond donors (Lipinski definition) is 0. The van der Waals surface area contributed by atoms with Crippen LogP contribution in [0.25, 0.3) is 6.08 Å². The molecule has 0 bridgehead atoms. The average molecular weight is 246 g/mol. The molecule has 3 heteroatoms. The van der Waals surface area contributed by atoms with Crippen LogP contribution in [0.3, 0.4) is 0 Å².